The SMILES string of the molecule is O=[N+]([O-])c1ccc(CCOc2ncnc3sc4c(c23)CCc2nn(CCI)cc2-4)cc1. The molecule has 8 nitrogen and oxygen atoms in total. The van der Waals surface area contributed by atoms with E-state index < -0.39 is 4.92 Å². The van der Waals surface area contributed by atoms with Crippen LogP contribution in [0.25, 0.3) is 20.7 Å². The number of alkyl halides is 1. The van der Waals surface area contributed by atoms with Crippen molar-refractivity contribution in [1.82, 2.24) is 19.7 Å². The lowest BCUT2D eigenvalue weighted by atomic mass is 9.95. The molecule has 0 spiro atoms. The second-order valence-electron chi connectivity index (χ2n) is 7.23. The van der Waals surface area contributed by atoms with Crippen LogP contribution < -0.4 is 4.74 Å². The van der Waals surface area contributed by atoms with Crippen LogP contribution in [0.15, 0.2) is 36.8 Å². The highest BCUT2D eigenvalue weighted by molar-refractivity contribution is 14.1. The molecule has 0 fully saturated rings. The fourth-order valence-corrected chi connectivity index (χ4v) is 5.57. The first kappa shape index (κ1) is 20.3. The van der Waals surface area contributed by atoms with Gasteiger partial charge >= 0.3 is 0 Å². The molecule has 1 aliphatic carbocycles. The van der Waals surface area contributed by atoms with Crippen LogP contribution in [0, 0.1) is 10.1 Å². The van der Waals surface area contributed by atoms with Gasteiger partial charge in [-0.05, 0) is 24.0 Å². The molecule has 0 saturated heterocycles. The molecular weight excluding hydrogens is 529 g/mol. The van der Waals surface area contributed by atoms with Crippen LogP contribution in [-0.4, -0.2) is 35.7 Å². The molecule has 3 heterocycles. The summed E-state index contributed by atoms with van der Waals surface area (Å²) in [7, 11) is 0. The van der Waals surface area contributed by atoms with Gasteiger partial charge in [-0.15, -0.1) is 11.3 Å². The normalized spacial score (nSPS) is 12.5. The quantitative estimate of drug-likeness (QED) is 0.145. The second kappa shape index (κ2) is 8.50. The first-order valence-corrected chi connectivity index (χ1v) is 12.2. The predicted octanol–water partition coefficient (Wildman–Crippen LogP) is 4.62. The van der Waals surface area contributed by atoms with E-state index in [0.29, 0.717) is 18.9 Å². The van der Waals surface area contributed by atoms with Gasteiger partial charge in [-0.1, -0.05) is 34.7 Å². The number of aromatic nitrogens is 4. The third kappa shape index (κ3) is 3.89. The van der Waals surface area contributed by atoms with Crippen molar-refractivity contribution in [3.8, 4) is 16.3 Å². The Hall–Kier alpha value is -2.60. The highest BCUT2D eigenvalue weighted by Crippen LogP contribution is 2.45. The fourth-order valence-electron chi connectivity index (χ4n) is 3.86. The van der Waals surface area contributed by atoms with Crippen LogP contribution in [0.4, 0.5) is 5.69 Å². The maximum Gasteiger partial charge on any atom is 0.269 e. The smallest absolute Gasteiger partial charge is 0.269 e. The lowest BCUT2D eigenvalue weighted by Gasteiger charge is -2.12. The summed E-state index contributed by atoms with van der Waals surface area (Å²) >= 11 is 4.04. The number of thiophene rings is 1. The molecule has 0 unspecified atom stereocenters. The van der Waals surface area contributed by atoms with E-state index in [-0.39, 0.29) is 5.69 Å². The van der Waals surface area contributed by atoms with E-state index in [1.807, 2.05) is 4.68 Å². The number of fused-ring (bicyclic) bond motifs is 5. The van der Waals surface area contributed by atoms with E-state index in [1.165, 1.54) is 28.1 Å². The first-order valence-electron chi connectivity index (χ1n) is 9.89. The molecule has 158 valence electrons. The van der Waals surface area contributed by atoms with Crippen LogP contribution in [0.5, 0.6) is 5.88 Å². The van der Waals surface area contributed by atoms with Gasteiger partial charge in [-0.2, -0.15) is 5.10 Å². The average molecular weight is 547 g/mol. The van der Waals surface area contributed by atoms with Crippen LogP contribution in [-0.2, 0) is 25.8 Å². The Kier molecular flexibility index (Phi) is 5.57. The maximum atomic E-state index is 10.8. The second-order valence-corrected chi connectivity index (χ2v) is 9.31. The summed E-state index contributed by atoms with van der Waals surface area (Å²) in [6.07, 6.45) is 6.13. The van der Waals surface area contributed by atoms with Crippen molar-refractivity contribution >= 4 is 49.8 Å². The van der Waals surface area contributed by atoms with Crippen molar-refractivity contribution in [1.29, 1.82) is 0 Å². The van der Waals surface area contributed by atoms with Gasteiger partial charge in [0.1, 0.15) is 11.2 Å². The van der Waals surface area contributed by atoms with Gasteiger partial charge in [0.2, 0.25) is 5.88 Å². The Morgan fingerprint density at radius 3 is 2.84 bits per heavy atom. The van der Waals surface area contributed by atoms with Crippen LogP contribution in [0.2, 0.25) is 0 Å². The van der Waals surface area contributed by atoms with E-state index in [1.54, 1.807) is 29.8 Å². The molecule has 1 aromatic carbocycles. The van der Waals surface area contributed by atoms with Crippen molar-refractivity contribution in [2.24, 2.45) is 0 Å². The molecule has 31 heavy (non-hydrogen) atoms. The number of rotatable bonds is 7. The molecule has 0 N–H and O–H groups in total. The van der Waals surface area contributed by atoms with Gasteiger partial charge in [0.05, 0.1) is 22.6 Å². The zero-order valence-corrected chi connectivity index (χ0v) is 19.4. The molecule has 10 heteroatoms. The molecule has 0 aliphatic heterocycles. The summed E-state index contributed by atoms with van der Waals surface area (Å²) in [5, 5.41) is 16.5. The minimum Gasteiger partial charge on any atom is -0.477 e. The first-order chi connectivity index (χ1) is 15.1. The lowest BCUT2D eigenvalue weighted by Crippen LogP contribution is -2.05. The average Bonchev–Trinajstić information content (AvgIpc) is 3.35. The Labute approximate surface area is 195 Å². The number of ether oxygens (including phenoxy) is 1. The standard InChI is InChI=1S/C21H18IN5O3S/c22-8-9-26-11-16-17(25-26)6-5-15-18-20(23-12-24-21(18)31-19(15)16)30-10-7-13-1-3-14(4-2-13)27(28)29/h1-4,11-12H,5-10H2. The Balaban J connectivity index is 1.39. The third-order valence-corrected chi connectivity index (χ3v) is 6.99. The molecule has 5 rings (SSSR count). The molecule has 0 amide bonds. The molecule has 0 radical (unpaired) electrons. The number of benzene rings is 1. The van der Waals surface area contributed by atoms with Crippen LogP contribution in [0.3, 0.4) is 0 Å². The number of aryl methyl sites for hydroxylation is 3. The molecule has 3 aromatic heterocycles. The lowest BCUT2D eigenvalue weighted by molar-refractivity contribution is -0.384. The zero-order chi connectivity index (χ0) is 21.4. The molecule has 0 saturated carbocycles. The van der Waals surface area contributed by atoms with Crippen molar-refractivity contribution < 1.29 is 9.66 Å². The number of non-ortho nitro benzene ring substituents is 1. The van der Waals surface area contributed by atoms with Gasteiger partial charge in [-0.25, -0.2) is 9.97 Å². The molecule has 0 bridgehead atoms. The number of nitrogens with zero attached hydrogens (tertiary/aromatic N) is 5. The summed E-state index contributed by atoms with van der Waals surface area (Å²) in [4.78, 5) is 21.5. The summed E-state index contributed by atoms with van der Waals surface area (Å²) in [6, 6.07) is 6.56. The van der Waals surface area contributed by atoms with Gasteiger partial charge < -0.3 is 4.74 Å². The van der Waals surface area contributed by atoms with Crippen molar-refractivity contribution in [2.75, 3.05) is 11.0 Å². The topological polar surface area (TPSA) is 96.0 Å². The minimum absolute atomic E-state index is 0.0910. The van der Waals surface area contributed by atoms with E-state index in [0.717, 1.165) is 45.3 Å². The maximum absolute atomic E-state index is 10.8. The number of nitro groups is 1. The summed E-state index contributed by atoms with van der Waals surface area (Å²) in [5.74, 6) is 0.604. The Morgan fingerprint density at radius 1 is 1.23 bits per heavy atom. The van der Waals surface area contributed by atoms with Gasteiger partial charge in [0.25, 0.3) is 5.69 Å². The molecule has 4 aromatic rings. The molecule has 1 aliphatic rings. The highest BCUT2D eigenvalue weighted by Gasteiger charge is 2.26. The number of hydrogen-bond donors (Lipinski definition) is 0. The van der Waals surface area contributed by atoms with Gasteiger partial charge in [0.15, 0.2) is 0 Å². The Bertz CT molecular complexity index is 1270. The van der Waals surface area contributed by atoms with Crippen molar-refractivity contribution in [2.45, 2.75) is 25.8 Å². The zero-order valence-electron chi connectivity index (χ0n) is 16.5. The summed E-state index contributed by atoms with van der Waals surface area (Å²) in [5.41, 5.74) is 4.67. The summed E-state index contributed by atoms with van der Waals surface area (Å²) in [6.45, 7) is 1.35. The largest absolute Gasteiger partial charge is 0.477 e. The number of nitro benzene ring substituents is 1. The van der Waals surface area contributed by atoms with Crippen LogP contribution >= 0.6 is 33.9 Å². The number of halogens is 1. The van der Waals surface area contributed by atoms with Gasteiger partial charge in [0, 0.05) is 46.2 Å². The predicted molar refractivity (Wildman–Crippen MR) is 127 cm³/mol. The van der Waals surface area contributed by atoms with E-state index in [9.17, 15) is 10.1 Å². The third-order valence-electron chi connectivity index (χ3n) is 5.34. The highest BCUT2D eigenvalue weighted by atomic mass is 127. The molecular formula is C21H18IN5O3S. The minimum atomic E-state index is -0.394. The van der Waals surface area contributed by atoms with E-state index in [4.69, 9.17) is 9.84 Å². The monoisotopic (exact) mass is 547 g/mol. The number of hydrogen-bond acceptors (Lipinski definition) is 7. The Morgan fingerprint density at radius 2 is 2.06 bits per heavy atom. The van der Waals surface area contributed by atoms with Gasteiger partial charge in [-0.3, -0.25) is 14.8 Å². The van der Waals surface area contributed by atoms with Crippen molar-refractivity contribution in [3.63, 3.8) is 0 Å². The van der Waals surface area contributed by atoms with E-state index in [2.05, 4.69) is 38.8 Å². The van der Waals surface area contributed by atoms with Crippen LogP contribution in [0.1, 0.15) is 16.8 Å². The summed E-state index contributed by atoms with van der Waals surface area (Å²) < 4.78 is 9.11. The van der Waals surface area contributed by atoms with Crippen molar-refractivity contribution in [3.05, 3.63) is 63.7 Å². The molecule has 0 atom stereocenters. The van der Waals surface area contributed by atoms with E-state index >= 15 is 0 Å². The fraction of sp³-hybridized carbons (Fsp3) is 0.286.